The van der Waals surface area contributed by atoms with Crippen LogP contribution in [0.5, 0.6) is 0 Å². The first kappa shape index (κ1) is 20.5. The maximum absolute atomic E-state index is 13.4. The average molecular weight is 403 g/mol. The number of nitrogens with two attached hydrogens (primary N) is 1. The maximum Gasteiger partial charge on any atom is 0.419 e. The molecule has 3 aromatic rings. The Morgan fingerprint density at radius 1 is 1.21 bits per heavy atom. The summed E-state index contributed by atoms with van der Waals surface area (Å²) in [6, 6.07) is 7.10. The van der Waals surface area contributed by atoms with E-state index in [1.807, 2.05) is 0 Å². The number of aromatic nitrogens is 4. The van der Waals surface area contributed by atoms with Crippen LogP contribution in [0.1, 0.15) is 46.6 Å². The highest BCUT2D eigenvalue weighted by Gasteiger charge is 2.34. The second-order valence-electron chi connectivity index (χ2n) is 6.75. The van der Waals surface area contributed by atoms with E-state index in [-0.39, 0.29) is 24.4 Å². The highest BCUT2D eigenvalue weighted by atomic mass is 19.4. The van der Waals surface area contributed by atoms with Gasteiger partial charge in [-0.25, -0.2) is 9.97 Å². The maximum atomic E-state index is 13.4. The van der Waals surface area contributed by atoms with E-state index in [9.17, 15) is 18.0 Å². The number of rotatable bonds is 7. The molecular formula is C20H20F3N5O. The number of halogens is 3. The number of nitrogens with zero attached hydrogens (tertiary/aromatic N) is 3. The van der Waals surface area contributed by atoms with Gasteiger partial charge in [0.2, 0.25) is 5.91 Å². The van der Waals surface area contributed by atoms with Gasteiger partial charge in [0, 0.05) is 18.8 Å². The second kappa shape index (κ2) is 8.42. The lowest BCUT2D eigenvalue weighted by Gasteiger charge is -2.16. The summed E-state index contributed by atoms with van der Waals surface area (Å²) in [6.07, 6.45) is 0.109. The molecule has 3 N–H and O–H groups in total. The number of hydrogen-bond donors (Lipinski definition) is 2. The van der Waals surface area contributed by atoms with Crippen molar-refractivity contribution in [2.75, 3.05) is 0 Å². The van der Waals surface area contributed by atoms with E-state index in [0.717, 1.165) is 17.3 Å². The number of carbonyl (C=O) groups is 1. The molecule has 2 heterocycles. The number of amides is 1. The van der Waals surface area contributed by atoms with Gasteiger partial charge in [-0.1, -0.05) is 24.3 Å². The second-order valence-corrected chi connectivity index (χ2v) is 6.75. The third-order valence-corrected chi connectivity index (χ3v) is 4.72. The van der Waals surface area contributed by atoms with Gasteiger partial charge in [-0.2, -0.15) is 18.3 Å². The molecule has 3 rings (SSSR count). The fourth-order valence-corrected chi connectivity index (χ4v) is 3.12. The molecule has 1 aromatic carbocycles. The number of primary amides is 1. The molecule has 9 heteroatoms. The van der Waals surface area contributed by atoms with Crippen molar-refractivity contribution < 1.29 is 18.0 Å². The third-order valence-electron chi connectivity index (χ3n) is 4.72. The van der Waals surface area contributed by atoms with Gasteiger partial charge >= 0.3 is 6.18 Å². The summed E-state index contributed by atoms with van der Waals surface area (Å²) in [6.45, 7) is 1.68. The molecule has 29 heavy (non-hydrogen) atoms. The van der Waals surface area contributed by atoms with Crippen LogP contribution >= 0.6 is 0 Å². The smallest absolute Gasteiger partial charge is 0.369 e. The molecule has 0 aliphatic rings. The molecule has 0 bridgehead atoms. The zero-order chi connectivity index (χ0) is 21.0. The van der Waals surface area contributed by atoms with Gasteiger partial charge in [0.25, 0.3) is 0 Å². The van der Waals surface area contributed by atoms with Crippen molar-refractivity contribution in [2.45, 2.75) is 38.3 Å². The lowest BCUT2D eigenvalue weighted by atomic mass is 9.92. The molecule has 1 atom stereocenters. The highest BCUT2D eigenvalue weighted by molar-refractivity contribution is 5.81. The third kappa shape index (κ3) is 4.98. The van der Waals surface area contributed by atoms with Gasteiger partial charge < -0.3 is 5.73 Å². The number of nitrogens with one attached hydrogen (secondary N) is 1. The van der Waals surface area contributed by atoms with Crippen LogP contribution in [-0.4, -0.2) is 26.1 Å². The van der Waals surface area contributed by atoms with E-state index in [4.69, 9.17) is 5.73 Å². The Kier molecular flexibility index (Phi) is 5.95. The van der Waals surface area contributed by atoms with Gasteiger partial charge in [0.05, 0.1) is 23.4 Å². The molecule has 1 amide bonds. The minimum absolute atomic E-state index is 0.0538. The van der Waals surface area contributed by atoms with Crippen LogP contribution in [0.2, 0.25) is 0 Å². The Bertz CT molecular complexity index is 986. The SMILES string of the molecule is CC(C(N)=O)c1ccccc1CCc1nc(Cc2cn[nH]c2)ncc1C(F)(F)F. The minimum atomic E-state index is -4.55. The van der Waals surface area contributed by atoms with Crippen LogP contribution in [0.15, 0.2) is 42.9 Å². The number of aromatic amines is 1. The number of aryl methyl sites for hydroxylation is 2. The number of carbonyl (C=O) groups excluding carboxylic acids is 1. The van der Waals surface area contributed by atoms with Crippen molar-refractivity contribution in [1.29, 1.82) is 0 Å². The lowest BCUT2D eigenvalue weighted by molar-refractivity contribution is -0.138. The first-order chi connectivity index (χ1) is 13.8. The van der Waals surface area contributed by atoms with E-state index in [1.165, 1.54) is 0 Å². The molecule has 2 aromatic heterocycles. The molecule has 0 aliphatic heterocycles. The number of hydrogen-bond acceptors (Lipinski definition) is 4. The first-order valence-electron chi connectivity index (χ1n) is 9.02. The Hall–Kier alpha value is -3.23. The van der Waals surface area contributed by atoms with E-state index in [2.05, 4.69) is 20.2 Å². The highest BCUT2D eigenvalue weighted by Crippen LogP contribution is 2.32. The fraction of sp³-hybridized carbons (Fsp3) is 0.300. The lowest BCUT2D eigenvalue weighted by Crippen LogP contribution is -2.20. The van der Waals surface area contributed by atoms with Crippen LogP contribution < -0.4 is 5.73 Å². The van der Waals surface area contributed by atoms with E-state index in [1.54, 1.807) is 43.6 Å². The van der Waals surface area contributed by atoms with Gasteiger partial charge in [0.15, 0.2) is 0 Å². The normalized spacial score (nSPS) is 12.7. The molecule has 0 spiro atoms. The molecule has 0 saturated heterocycles. The zero-order valence-electron chi connectivity index (χ0n) is 15.7. The van der Waals surface area contributed by atoms with Crippen LogP contribution in [0.4, 0.5) is 13.2 Å². The van der Waals surface area contributed by atoms with Crippen molar-refractivity contribution >= 4 is 5.91 Å². The predicted molar refractivity (Wildman–Crippen MR) is 99.9 cm³/mol. The fourth-order valence-electron chi connectivity index (χ4n) is 3.12. The Morgan fingerprint density at radius 3 is 2.62 bits per heavy atom. The number of H-pyrrole nitrogens is 1. The van der Waals surface area contributed by atoms with Crippen LogP contribution in [0, 0.1) is 0 Å². The molecule has 6 nitrogen and oxygen atoms in total. The quantitative estimate of drug-likeness (QED) is 0.633. The van der Waals surface area contributed by atoms with Gasteiger partial charge in [-0.05, 0) is 36.5 Å². The Balaban J connectivity index is 1.88. The van der Waals surface area contributed by atoms with Gasteiger partial charge in [-0.15, -0.1) is 0 Å². The number of alkyl halides is 3. The Labute approximate surface area is 165 Å². The largest absolute Gasteiger partial charge is 0.419 e. The summed E-state index contributed by atoms with van der Waals surface area (Å²) in [5.74, 6) is -0.735. The van der Waals surface area contributed by atoms with Crippen molar-refractivity contribution in [3.63, 3.8) is 0 Å². The van der Waals surface area contributed by atoms with Crippen molar-refractivity contribution in [2.24, 2.45) is 5.73 Å². The molecule has 152 valence electrons. The van der Waals surface area contributed by atoms with E-state index >= 15 is 0 Å². The van der Waals surface area contributed by atoms with Gasteiger partial charge in [-0.3, -0.25) is 9.89 Å². The molecular weight excluding hydrogens is 383 g/mol. The van der Waals surface area contributed by atoms with E-state index in [0.29, 0.717) is 12.0 Å². The molecule has 0 aliphatic carbocycles. The summed E-state index contributed by atoms with van der Waals surface area (Å²) in [5.41, 5.74) is 6.71. The molecule has 0 radical (unpaired) electrons. The molecule has 0 saturated carbocycles. The monoisotopic (exact) mass is 403 g/mol. The summed E-state index contributed by atoms with van der Waals surface area (Å²) in [4.78, 5) is 19.6. The van der Waals surface area contributed by atoms with Crippen LogP contribution in [0.3, 0.4) is 0 Å². The van der Waals surface area contributed by atoms with Crippen LogP contribution in [0.25, 0.3) is 0 Å². The van der Waals surface area contributed by atoms with Crippen molar-refractivity contribution in [3.05, 3.63) is 76.6 Å². The zero-order valence-corrected chi connectivity index (χ0v) is 15.7. The summed E-state index contributed by atoms with van der Waals surface area (Å²) >= 11 is 0. The summed E-state index contributed by atoms with van der Waals surface area (Å²) < 4.78 is 40.3. The predicted octanol–water partition coefficient (Wildman–Crippen LogP) is 3.18. The molecule has 1 unspecified atom stereocenters. The van der Waals surface area contributed by atoms with Crippen molar-refractivity contribution in [3.8, 4) is 0 Å². The Morgan fingerprint density at radius 2 is 1.97 bits per heavy atom. The topological polar surface area (TPSA) is 97.5 Å². The molecule has 0 fully saturated rings. The van der Waals surface area contributed by atoms with Crippen LogP contribution in [-0.2, 0) is 30.2 Å². The summed E-state index contributed by atoms with van der Waals surface area (Å²) in [7, 11) is 0. The summed E-state index contributed by atoms with van der Waals surface area (Å²) in [5, 5.41) is 6.47. The number of benzene rings is 1. The van der Waals surface area contributed by atoms with Gasteiger partial charge in [0.1, 0.15) is 5.82 Å². The van der Waals surface area contributed by atoms with E-state index < -0.39 is 23.6 Å². The van der Waals surface area contributed by atoms with Crippen molar-refractivity contribution in [1.82, 2.24) is 20.2 Å². The average Bonchev–Trinajstić information content (AvgIpc) is 3.18. The minimum Gasteiger partial charge on any atom is -0.369 e. The standard InChI is InChI=1S/C20H20F3N5O/c1-12(19(24)29)15-5-3-2-4-14(15)6-7-17-16(20(21,22)23)11-25-18(28-17)8-13-9-26-27-10-13/h2-5,9-12H,6-8H2,1H3,(H2,24,29)(H,26,27). The first-order valence-corrected chi connectivity index (χ1v) is 9.02.